The van der Waals surface area contributed by atoms with Crippen LogP contribution in [0.3, 0.4) is 0 Å². The van der Waals surface area contributed by atoms with Crippen molar-refractivity contribution in [1.29, 1.82) is 0 Å². The molecule has 3 heteroatoms. The van der Waals surface area contributed by atoms with Crippen LogP contribution in [0.1, 0.15) is 12.0 Å². The van der Waals surface area contributed by atoms with Crippen molar-refractivity contribution in [2.75, 3.05) is 45.3 Å². The van der Waals surface area contributed by atoms with Crippen LogP contribution < -0.4 is 10.2 Å². The first-order valence-electron chi connectivity index (χ1n) is 6.21. The average Bonchev–Trinajstić information content (AvgIpc) is 2.34. The quantitative estimate of drug-likeness (QED) is 0.699. The molecule has 0 fully saturated rings. The minimum Gasteiger partial charge on any atom is -0.385 e. The maximum absolute atomic E-state index is 5.00. The number of rotatable bonds is 8. The second kappa shape index (κ2) is 8.09. The SMILES string of the molecule is COCCCNCCN(C)c1ccc(C)cc1. The van der Waals surface area contributed by atoms with Crippen molar-refractivity contribution in [2.45, 2.75) is 13.3 Å². The van der Waals surface area contributed by atoms with Crippen molar-refractivity contribution >= 4 is 5.69 Å². The highest BCUT2D eigenvalue weighted by Gasteiger charge is 1.99. The highest BCUT2D eigenvalue weighted by atomic mass is 16.5. The van der Waals surface area contributed by atoms with E-state index in [-0.39, 0.29) is 0 Å². The molecular weight excluding hydrogens is 212 g/mol. The summed E-state index contributed by atoms with van der Waals surface area (Å²) in [6.45, 7) is 6.00. The lowest BCUT2D eigenvalue weighted by atomic mass is 10.2. The molecule has 1 N–H and O–H groups in total. The third-order valence-electron chi connectivity index (χ3n) is 2.80. The summed E-state index contributed by atoms with van der Waals surface area (Å²) in [4.78, 5) is 2.27. The first kappa shape index (κ1) is 14.0. The fourth-order valence-electron chi connectivity index (χ4n) is 1.64. The maximum atomic E-state index is 5.00. The van der Waals surface area contributed by atoms with Crippen LogP contribution in [0.2, 0.25) is 0 Å². The van der Waals surface area contributed by atoms with Gasteiger partial charge in [0.1, 0.15) is 0 Å². The van der Waals surface area contributed by atoms with Crippen LogP contribution in [0.15, 0.2) is 24.3 Å². The highest BCUT2D eigenvalue weighted by molar-refractivity contribution is 5.46. The fraction of sp³-hybridized carbons (Fsp3) is 0.571. The Labute approximate surface area is 105 Å². The van der Waals surface area contributed by atoms with Gasteiger partial charge in [-0.15, -0.1) is 0 Å². The molecule has 0 aromatic heterocycles. The number of ether oxygens (including phenoxy) is 1. The van der Waals surface area contributed by atoms with E-state index in [1.54, 1.807) is 7.11 Å². The zero-order chi connectivity index (χ0) is 12.5. The van der Waals surface area contributed by atoms with Crippen molar-refractivity contribution < 1.29 is 4.74 Å². The smallest absolute Gasteiger partial charge is 0.0474 e. The van der Waals surface area contributed by atoms with Gasteiger partial charge in [0, 0.05) is 39.5 Å². The van der Waals surface area contributed by atoms with E-state index in [2.05, 4.69) is 48.5 Å². The molecule has 0 aliphatic heterocycles. The Morgan fingerprint density at radius 3 is 2.53 bits per heavy atom. The third kappa shape index (κ3) is 5.71. The monoisotopic (exact) mass is 236 g/mol. The molecule has 0 bridgehead atoms. The molecule has 1 aromatic rings. The van der Waals surface area contributed by atoms with Gasteiger partial charge < -0.3 is 15.0 Å². The number of likely N-dealkylation sites (N-methyl/N-ethyl adjacent to an activating group) is 1. The van der Waals surface area contributed by atoms with Gasteiger partial charge in [0.2, 0.25) is 0 Å². The topological polar surface area (TPSA) is 24.5 Å². The van der Waals surface area contributed by atoms with Crippen molar-refractivity contribution in [3.05, 3.63) is 29.8 Å². The molecule has 0 spiro atoms. The summed E-state index contributed by atoms with van der Waals surface area (Å²) in [6, 6.07) is 8.64. The molecule has 0 amide bonds. The second-order valence-electron chi connectivity index (χ2n) is 4.35. The summed E-state index contributed by atoms with van der Waals surface area (Å²) < 4.78 is 5.00. The van der Waals surface area contributed by atoms with Gasteiger partial charge in [-0.25, -0.2) is 0 Å². The Morgan fingerprint density at radius 2 is 1.88 bits per heavy atom. The zero-order valence-corrected chi connectivity index (χ0v) is 11.2. The summed E-state index contributed by atoms with van der Waals surface area (Å²) in [5.74, 6) is 0. The van der Waals surface area contributed by atoms with E-state index >= 15 is 0 Å². The van der Waals surface area contributed by atoms with Crippen LogP contribution >= 0.6 is 0 Å². The average molecular weight is 236 g/mol. The van der Waals surface area contributed by atoms with Gasteiger partial charge in [0.25, 0.3) is 0 Å². The van der Waals surface area contributed by atoms with Gasteiger partial charge >= 0.3 is 0 Å². The summed E-state index contributed by atoms with van der Waals surface area (Å²) >= 11 is 0. The van der Waals surface area contributed by atoms with Crippen molar-refractivity contribution in [3.63, 3.8) is 0 Å². The lowest BCUT2D eigenvalue weighted by Gasteiger charge is -2.19. The first-order chi connectivity index (χ1) is 8.24. The van der Waals surface area contributed by atoms with Crippen LogP contribution in [0.25, 0.3) is 0 Å². The summed E-state index contributed by atoms with van der Waals surface area (Å²) in [7, 11) is 3.87. The van der Waals surface area contributed by atoms with E-state index in [0.717, 1.165) is 32.7 Å². The van der Waals surface area contributed by atoms with E-state index in [1.807, 2.05) is 0 Å². The predicted octanol–water partition coefficient (Wildman–Crippen LogP) is 2.06. The largest absolute Gasteiger partial charge is 0.385 e. The van der Waals surface area contributed by atoms with Crippen molar-refractivity contribution in [3.8, 4) is 0 Å². The molecule has 0 unspecified atom stereocenters. The Morgan fingerprint density at radius 1 is 1.18 bits per heavy atom. The van der Waals surface area contributed by atoms with Crippen LogP contribution in [-0.4, -0.2) is 40.4 Å². The Bertz CT molecular complexity index is 298. The molecule has 3 nitrogen and oxygen atoms in total. The number of aryl methyl sites for hydroxylation is 1. The first-order valence-corrected chi connectivity index (χ1v) is 6.21. The molecule has 0 heterocycles. The molecule has 0 atom stereocenters. The number of nitrogens with one attached hydrogen (secondary N) is 1. The Kier molecular flexibility index (Phi) is 6.67. The van der Waals surface area contributed by atoms with Crippen LogP contribution in [0, 0.1) is 6.92 Å². The van der Waals surface area contributed by atoms with E-state index in [4.69, 9.17) is 4.74 Å². The van der Waals surface area contributed by atoms with Gasteiger partial charge in [-0.2, -0.15) is 0 Å². The number of nitrogens with zero attached hydrogens (tertiary/aromatic N) is 1. The molecule has 0 radical (unpaired) electrons. The number of hydrogen-bond acceptors (Lipinski definition) is 3. The van der Waals surface area contributed by atoms with Crippen LogP contribution in [0.4, 0.5) is 5.69 Å². The number of methoxy groups -OCH3 is 1. The number of benzene rings is 1. The third-order valence-corrected chi connectivity index (χ3v) is 2.80. The van der Waals surface area contributed by atoms with E-state index in [0.29, 0.717) is 0 Å². The number of hydrogen-bond donors (Lipinski definition) is 1. The van der Waals surface area contributed by atoms with Gasteiger partial charge in [-0.3, -0.25) is 0 Å². The van der Waals surface area contributed by atoms with E-state index < -0.39 is 0 Å². The lowest BCUT2D eigenvalue weighted by Crippen LogP contribution is -2.29. The highest BCUT2D eigenvalue weighted by Crippen LogP contribution is 2.12. The molecule has 0 saturated carbocycles. The standard InChI is InChI=1S/C14H24N2O/c1-13-5-7-14(8-6-13)16(2)11-10-15-9-4-12-17-3/h5-8,15H,4,9-12H2,1-3H3. The molecule has 0 aliphatic carbocycles. The zero-order valence-electron chi connectivity index (χ0n) is 11.2. The molecule has 0 aliphatic rings. The molecule has 17 heavy (non-hydrogen) atoms. The number of anilines is 1. The minimum atomic E-state index is 0.834. The van der Waals surface area contributed by atoms with E-state index in [1.165, 1.54) is 11.3 Å². The summed E-state index contributed by atoms with van der Waals surface area (Å²) in [5, 5.41) is 3.41. The Hall–Kier alpha value is -1.06. The second-order valence-corrected chi connectivity index (χ2v) is 4.35. The Balaban J connectivity index is 2.16. The molecule has 0 saturated heterocycles. The molecule has 1 aromatic carbocycles. The minimum absolute atomic E-state index is 0.834. The lowest BCUT2D eigenvalue weighted by molar-refractivity contribution is 0.194. The fourth-order valence-corrected chi connectivity index (χ4v) is 1.64. The molecule has 1 rings (SSSR count). The van der Waals surface area contributed by atoms with Gasteiger partial charge in [-0.1, -0.05) is 17.7 Å². The summed E-state index contributed by atoms with van der Waals surface area (Å²) in [6.07, 6.45) is 1.07. The van der Waals surface area contributed by atoms with Crippen LogP contribution in [0.5, 0.6) is 0 Å². The molecular formula is C14H24N2O. The van der Waals surface area contributed by atoms with Crippen LogP contribution in [-0.2, 0) is 4.74 Å². The van der Waals surface area contributed by atoms with E-state index in [9.17, 15) is 0 Å². The summed E-state index contributed by atoms with van der Waals surface area (Å²) in [5.41, 5.74) is 2.58. The maximum Gasteiger partial charge on any atom is 0.0474 e. The van der Waals surface area contributed by atoms with Gasteiger partial charge in [-0.05, 0) is 32.0 Å². The van der Waals surface area contributed by atoms with Crippen molar-refractivity contribution in [1.82, 2.24) is 5.32 Å². The normalized spacial score (nSPS) is 10.5. The van der Waals surface area contributed by atoms with Crippen molar-refractivity contribution in [2.24, 2.45) is 0 Å². The van der Waals surface area contributed by atoms with Gasteiger partial charge in [0.15, 0.2) is 0 Å². The predicted molar refractivity (Wildman–Crippen MR) is 73.8 cm³/mol. The van der Waals surface area contributed by atoms with Gasteiger partial charge in [0.05, 0.1) is 0 Å². The molecule has 96 valence electrons.